The second-order valence-corrected chi connectivity index (χ2v) is 7.24. The normalized spacial score (nSPS) is 11.2. The van der Waals surface area contributed by atoms with Gasteiger partial charge in [-0.2, -0.15) is 0 Å². The van der Waals surface area contributed by atoms with Gasteiger partial charge < -0.3 is 4.74 Å². The lowest BCUT2D eigenvalue weighted by molar-refractivity contribution is 0.413. The fraction of sp³-hybridized carbons (Fsp3) is 0.200. The molecular weight excluding hydrogens is 354 g/mol. The second kappa shape index (κ2) is 6.07. The van der Waals surface area contributed by atoms with E-state index in [1.807, 2.05) is 6.07 Å². The van der Waals surface area contributed by atoms with E-state index in [9.17, 15) is 8.42 Å². The van der Waals surface area contributed by atoms with Crippen molar-refractivity contribution in [3.63, 3.8) is 0 Å². The van der Waals surface area contributed by atoms with Crippen molar-refractivity contribution in [2.75, 3.05) is 11.8 Å². The average Bonchev–Trinajstić information content (AvgIpc) is 2.36. The van der Waals surface area contributed by atoms with Gasteiger partial charge in [0.25, 0.3) is 10.0 Å². The maximum atomic E-state index is 12.6. The van der Waals surface area contributed by atoms with Crippen molar-refractivity contribution in [2.45, 2.75) is 18.7 Å². The first-order valence-electron chi connectivity index (χ1n) is 6.27. The number of anilines is 1. The number of nitrogens with one attached hydrogen (secondary N) is 1. The molecular formula is C15H16BrNO3S. The van der Waals surface area contributed by atoms with Gasteiger partial charge in [-0.15, -0.1) is 0 Å². The fourth-order valence-electron chi connectivity index (χ4n) is 2.21. The highest BCUT2D eigenvalue weighted by atomic mass is 79.9. The first-order chi connectivity index (χ1) is 9.83. The van der Waals surface area contributed by atoms with E-state index in [0.29, 0.717) is 22.6 Å². The van der Waals surface area contributed by atoms with Crippen molar-refractivity contribution >= 4 is 31.6 Å². The molecule has 0 saturated heterocycles. The van der Waals surface area contributed by atoms with E-state index in [-0.39, 0.29) is 4.90 Å². The monoisotopic (exact) mass is 369 g/mol. The molecule has 0 spiro atoms. The summed E-state index contributed by atoms with van der Waals surface area (Å²) in [7, 11) is -2.09. The molecule has 112 valence electrons. The third-order valence-corrected chi connectivity index (χ3v) is 5.19. The van der Waals surface area contributed by atoms with Gasteiger partial charge >= 0.3 is 0 Å². The Bertz CT molecular complexity index is 749. The van der Waals surface area contributed by atoms with E-state index < -0.39 is 10.0 Å². The Morgan fingerprint density at radius 2 is 1.71 bits per heavy atom. The van der Waals surface area contributed by atoms with Crippen LogP contribution in [0.2, 0.25) is 0 Å². The largest absolute Gasteiger partial charge is 0.497 e. The van der Waals surface area contributed by atoms with Crippen LogP contribution in [0.4, 0.5) is 5.69 Å². The van der Waals surface area contributed by atoms with Crippen molar-refractivity contribution in [3.8, 4) is 5.75 Å². The minimum absolute atomic E-state index is 0.281. The highest BCUT2D eigenvalue weighted by molar-refractivity contribution is 9.10. The summed E-state index contributed by atoms with van der Waals surface area (Å²) in [5, 5.41) is 0. The molecule has 0 heterocycles. The van der Waals surface area contributed by atoms with Gasteiger partial charge in [-0.25, -0.2) is 8.42 Å². The quantitative estimate of drug-likeness (QED) is 0.889. The number of ether oxygens (including phenoxy) is 1. The van der Waals surface area contributed by atoms with Crippen LogP contribution in [0.3, 0.4) is 0 Å². The predicted octanol–water partition coefficient (Wildman–Crippen LogP) is 3.88. The number of sulfonamides is 1. The molecule has 0 amide bonds. The zero-order valence-corrected chi connectivity index (χ0v) is 14.4. The molecule has 0 radical (unpaired) electrons. The van der Waals surface area contributed by atoms with Crippen LogP contribution in [0.1, 0.15) is 11.1 Å². The third kappa shape index (κ3) is 3.57. The molecule has 0 unspecified atom stereocenters. The first-order valence-corrected chi connectivity index (χ1v) is 8.55. The zero-order chi connectivity index (χ0) is 15.6. The maximum absolute atomic E-state index is 12.6. The summed E-state index contributed by atoms with van der Waals surface area (Å²) in [6.45, 7) is 3.51. The molecule has 2 aromatic carbocycles. The lowest BCUT2D eigenvalue weighted by Gasteiger charge is -2.14. The second-order valence-electron chi connectivity index (χ2n) is 4.71. The number of rotatable bonds is 4. The van der Waals surface area contributed by atoms with Crippen LogP contribution in [0.25, 0.3) is 0 Å². The SMILES string of the molecule is COc1cc(C)c(S(=O)(=O)Nc2cccc(Br)c2)c(C)c1. The van der Waals surface area contributed by atoms with E-state index in [0.717, 1.165) is 4.47 Å². The number of aryl methyl sites for hydroxylation is 2. The first kappa shape index (κ1) is 15.9. The molecule has 0 aliphatic heterocycles. The molecule has 0 bridgehead atoms. The Balaban J connectivity index is 2.45. The number of benzene rings is 2. The van der Waals surface area contributed by atoms with Gasteiger partial charge in [0.2, 0.25) is 0 Å². The average molecular weight is 370 g/mol. The molecule has 0 aliphatic carbocycles. The van der Waals surface area contributed by atoms with Gasteiger partial charge in [0, 0.05) is 10.2 Å². The lowest BCUT2D eigenvalue weighted by Crippen LogP contribution is -2.15. The van der Waals surface area contributed by atoms with Crippen molar-refractivity contribution in [1.82, 2.24) is 0 Å². The van der Waals surface area contributed by atoms with Crippen molar-refractivity contribution in [3.05, 3.63) is 52.0 Å². The maximum Gasteiger partial charge on any atom is 0.262 e. The van der Waals surface area contributed by atoms with E-state index >= 15 is 0 Å². The van der Waals surface area contributed by atoms with Crippen LogP contribution in [-0.4, -0.2) is 15.5 Å². The van der Waals surface area contributed by atoms with Crippen LogP contribution in [0, 0.1) is 13.8 Å². The molecule has 0 aromatic heterocycles. The van der Waals surface area contributed by atoms with Gasteiger partial charge in [0.15, 0.2) is 0 Å². The molecule has 21 heavy (non-hydrogen) atoms. The van der Waals surface area contributed by atoms with Crippen molar-refractivity contribution in [1.29, 1.82) is 0 Å². The summed E-state index contributed by atoms with van der Waals surface area (Å²) in [4.78, 5) is 0.281. The van der Waals surface area contributed by atoms with Gasteiger partial charge in [-0.1, -0.05) is 22.0 Å². The Labute approximate surface area is 133 Å². The summed E-state index contributed by atoms with van der Waals surface area (Å²) in [6.07, 6.45) is 0. The lowest BCUT2D eigenvalue weighted by atomic mass is 10.1. The minimum atomic E-state index is -3.64. The minimum Gasteiger partial charge on any atom is -0.497 e. The van der Waals surface area contributed by atoms with Crippen LogP contribution >= 0.6 is 15.9 Å². The van der Waals surface area contributed by atoms with Crippen molar-refractivity contribution < 1.29 is 13.2 Å². The fourth-order valence-corrected chi connectivity index (χ4v) is 4.11. The topological polar surface area (TPSA) is 55.4 Å². The van der Waals surface area contributed by atoms with E-state index in [1.165, 1.54) is 0 Å². The molecule has 2 rings (SSSR count). The zero-order valence-electron chi connectivity index (χ0n) is 12.0. The number of hydrogen-bond acceptors (Lipinski definition) is 3. The van der Waals surface area contributed by atoms with Crippen LogP contribution in [0.5, 0.6) is 5.75 Å². The third-order valence-electron chi connectivity index (χ3n) is 3.02. The summed E-state index contributed by atoms with van der Waals surface area (Å²) in [6, 6.07) is 10.4. The molecule has 0 aliphatic rings. The molecule has 0 saturated carbocycles. The molecule has 4 nitrogen and oxygen atoms in total. The van der Waals surface area contributed by atoms with Crippen molar-refractivity contribution in [2.24, 2.45) is 0 Å². The summed E-state index contributed by atoms with van der Waals surface area (Å²) in [5.41, 5.74) is 1.81. The van der Waals surface area contributed by atoms with Crippen LogP contribution in [-0.2, 0) is 10.0 Å². The van der Waals surface area contributed by atoms with Crippen LogP contribution in [0.15, 0.2) is 45.8 Å². The van der Waals surface area contributed by atoms with E-state index in [1.54, 1.807) is 51.3 Å². The molecule has 0 fully saturated rings. The Hall–Kier alpha value is -1.53. The molecule has 1 N–H and O–H groups in total. The summed E-state index contributed by atoms with van der Waals surface area (Å²) >= 11 is 3.32. The Morgan fingerprint density at radius 1 is 1.10 bits per heavy atom. The number of hydrogen-bond donors (Lipinski definition) is 1. The van der Waals surface area contributed by atoms with Gasteiger partial charge in [0.05, 0.1) is 12.0 Å². The van der Waals surface area contributed by atoms with E-state index in [4.69, 9.17) is 4.74 Å². The Morgan fingerprint density at radius 3 is 2.24 bits per heavy atom. The van der Waals surface area contributed by atoms with Crippen LogP contribution < -0.4 is 9.46 Å². The molecule has 6 heteroatoms. The number of methoxy groups -OCH3 is 1. The molecule has 2 aromatic rings. The van der Waals surface area contributed by atoms with E-state index in [2.05, 4.69) is 20.7 Å². The predicted molar refractivity (Wildman–Crippen MR) is 87.4 cm³/mol. The highest BCUT2D eigenvalue weighted by Gasteiger charge is 2.20. The van der Waals surface area contributed by atoms with Gasteiger partial charge in [-0.3, -0.25) is 4.72 Å². The van der Waals surface area contributed by atoms with Gasteiger partial charge in [-0.05, 0) is 55.3 Å². The molecule has 0 atom stereocenters. The standard InChI is InChI=1S/C15H16BrNO3S/c1-10-7-14(20-3)8-11(2)15(10)21(18,19)17-13-6-4-5-12(16)9-13/h4-9,17H,1-3H3. The highest BCUT2D eigenvalue weighted by Crippen LogP contribution is 2.28. The number of halogens is 1. The smallest absolute Gasteiger partial charge is 0.262 e. The summed E-state index contributed by atoms with van der Waals surface area (Å²) < 4.78 is 33.7. The van der Waals surface area contributed by atoms with Gasteiger partial charge in [0.1, 0.15) is 5.75 Å². The Kier molecular flexibility index (Phi) is 4.58. The summed E-state index contributed by atoms with van der Waals surface area (Å²) in [5.74, 6) is 0.645.